The molecule has 0 fully saturated rings. The molecule has 0 atom stereocenters. The molecule has 0 radical (unpaired) electrons. The number of benzene rings is 1. The van der Waals surface area contributed by atoms with Crippen molar-refractivity contribution in [2.24, 2.45) is 0 Å². The van der Waals surface area contributed by atoms with E-state index in [-0.39, 0.29) is 0 Å². The molecule has 0 amide bonds. The van der Waals surface area contributed by atoms with E-state index in [1.165, 1.54) is 2.81 Å². The molecule has 40 valence electrons. The van der Waals surface area contributed by atoms with E-state index >= 15 is 0 Å². The van der Waals surface area contributed by atoms with Crippen molar-refractivity contribution < 1.29 is 4.79 Å². The summed E-state index contributed by atoms with van der Waals surface area (Å²) in [6.45, 7) is 0. The molecule has 9 heavy (non-hydrogen) atoms. The summed E-state index contributed by atoms with van der Waals surface area (Å²) in [6.07, 6.45) is 0.905. The first-order chi connectivity index (χ1) is 4.34. The number of hydrogen-bond donors (Lipinski definition) is 0. The van der Waals surface area contributed by atoms with Crippen LogP contribution in [-0.2, 0) is 0 Å². The molecule has 0 spiro atoms. The van der Waals surface area contributed by atoms with Gasteiger partial charge in [-0.05, 0) is 0 Å². The van der Waals surface area contributed by atoms with Crippen LogP contribution in [0.2, 0.25) is 0 Å². The van der Waals surface area contributed by atoms with Crippen LogP contribution in [0.3, 0.4) is 0 Å². The molecule has 1 aromatic carbocycles. The van der Waals surface area contributed by atoms with Crippen LogP contribution in [0.15, 0.2) is 24.3 Å². The number of carbonyl (C=O) groups is 1. The number of carbonyl (C=O) groups excluding carboxylic acids is 1. The molecule has 0 saturated carbocycles. The van der Waals surface area contributed by atoms with Gasteiger partial charge >= 0.3 is 71.7 Å². The van der Waals surface area contributed by atoms with Gasteiger partial charge in [-0.15, -0.1) is 0 Å². The van der Waals surface area contributed by atoms with E-state index in [2.05, 4.69) is 0 Å². The second-order valence-electron chi connectivity index (χ2n) is 1.97. The Kier molecular flexibility index (Phi) is 2.46. The molecule has 0 bridgehead atoms. The monoisotopic (exact) mass is 128 g/mol. The van der Waals surface area contributed by atoms with Crippen LogP contribution >= 0.6 is 0 Å². The van der Waals surface area contributed by atoms with E-state index < -0.39 is 0 Å². The average Bonchev–Trinajstić information content (AvgIpc) is 1.89. The van der Waals surface area contributed by atoms with Crippen molar-refractivity contribution in [3.8, 4) is 0 Å². The molecule has 0 aliphatic carbocycles. The van der Waals surface area contributed by atoms with E-state index in [0.29, 0.717) is 0 Å². The fourth-order valence-corrected chi connectivity index (χ4v) is 1.20. The number of aldehydes is 1. The summed E-state index contributed by atoms with van der Waals surface area (Å²) in [4.78, 5) is 10.2. The van der Waals surface area contributed by atoms with Gasteiger partial charge in [0.1, 0.15) is 0 Å². The average molecular weight is 128 g/mol. The quantitative estimate of drug-likeness (QED) is 0.392. The van der Waals surface area contributed by atoms with Crippen LogP contribution in [0.5, 0.6) is 0 Å². The van der Waals surface area contributed by atoms with Crippen LogP contribution in [0.1, 0.15) is 10.4 Å². The van der Waals surface area contributed by atoms with Crippen molar-refractivity contribution in [3.63, 3.8) is 0 Å². The minimum absolute atomic E-state index is 0.837. The number of hydrogen-bond acceptors (Lipinski definition) is 1. The second-order valence-corrected chi connectivity index (χ2v) is 3.05. The van der Waals surface area contributed by atoms with E-state index in [4.69, 9.17) is 0 Å². The maximum atomic E-state index is 10.2. The second kappa shape index (κ2) is 3.16. The Morgan fingerprint density at radius 3 is 2.44 bits per heavy atom. The van der Waals surface area contributed by atoms with E-state index in [1.807, 2.05) is 24.3 Å². The van der Waals surface area contributed by atoms with E-state index in [1.54, 1.807) is 0 Å². The third kappa shape index (κ3) is 1.65. The first-order valence-electron chi connectivity index (χ1n) is 2.85. The fraction of sp³-hybridized carbons (Fsp3) is 0. The molecule has 0 unspecified atom stereocenters. The maximum absolute atomic E-state index is 10.2. The SMILES string of the molecule is O=Cc1cccc[c]1[Na]. The van der Waals surface area contributed by atoms with Crippen molar-refractivity contribution in [1.82, 2.24) is 0 Å². The fourth-order valence-electron chi connectivity index (χ4n) is 0.719. The zero-order valence-electron chi connectivity index (χ0n) is 5.29. The van der Waals surface area contributed by atoms with Gasteiger partial charge in [0.05, 0.1) is 0 Å². The topological polar surface area (TPSA) is 17.1 Å². The van der Waals surface area contributed by atoms with Crippen molar-refractivity contribution in [1.29, 1.82) is 0 Å². The van der Waals surface area contributed by atoms with Gasteiger partial charge in [-0.25, -0.2) is 0 Å². The number of rotatable bonds is 1. The van der Waals surface area contributed by atoms with Gasteiger partial charge in [-0.1, -0.05) is 0 Å². The molecular weight excluding hydrogens is 123 g/mol. The van der Waals surface area contributed by atoms with Crippen molar-refractivity contribution in [2.45, 2.75) is 0 Å². The van der Waals surface area contributed by atoms with Crippen molar-refractivity contribution in [2.75, 3.05) is 0 Å². The molecule has 0 N–H and O–H groups in total. The van der Waals surface area contributed by atoms with Crippen LogP contribution < -0.4 is 2.81 Å². The van der Waals surface area contributed by atoms with Crippen LogP contribution in [0.4, 0.5) is 0 Å². The zero-order chi connectivity index (χ0) is 6.69. The standard InChI is InChI=1S/C7H5O.Na/c8-6-7-4-2-1-3-5-7;/h1-4,6H;. The van der Waals surface area contributed by atoms with Crippen LogP contribution in [-0.4, -0.2) is 34.2 Å². The summed E-state index contributed by atoms with van der Waals surface area (Å²) >= 11 is 0.954. The normalized spacial score (nSPS) is 9.11. The molecule has 2 heteroatoms. The molecular formula is C7H5NaO. The van der Waals surface area contributed by atoms with Gasteiger partial charge in [-0.3, -0.25) is 0 Å². The molecule has 0 aromatic heterocycles. The zero-order valence-corrected chi connectivity index (χ0v) is 7.29. The third-order valence-electron chi connectivity index (χ3n) is 1.32. The Bertz CT molecular complexity index is 220. The molecule has 0 aliphatic rings. The van der Waals surface area contributed by atoms with Gasteiger partial charge < -0.3 is 0 Å². The van der Waals surface area contributed by atoms with Crippen LogP contribution in [0.25, 0.3) is 0 Å². The Hall–Kier alpha value is -0.110. The third-order valence-corrected chi connectivity index (χ3v) is 2.23. The van der Waals surface area contributed by atoms with Crippen molar-refractivity contribution >= 4 is 37.0 Å². The van der Waals surface area contributed by atoms with Gasteiger partial charge in [0.25, 0.3) is 0 Å². The first kappa shape index (κ1) is 7.00. The Morgan fingerprint density at radius 1 is 1.33 bits per heavy atom. The summed E-state index contributed by atoms with van der Waals surface area (Å²) in [5.41, 5.74) is 0.837. The molecule has 0 saturated heterocycles. The molecule has 1 rings (SSSR count). The van der Waals surface area contributed by atoms with Crippen molar-refractivity contribution in [3.05, 3.63) is 29.8 Å². The first-order valence-corrected chi connectivity index (χ1v) is 3.85. The summed E-state index contributed by atoms with van der Waals surface area (Å²) in [7, 11) is 0. The predicted molar refractivity (Wildman–Crippen MR) is 37.2 cm³/mol. The summed E-state index contributed by atoms with van der Waals surface area (Å²) in [6, 6.07) is 7.66. The summed E-state index contributed by atoms with van der Waals surface area (Å²) in [5.74, 6) is 0. The molecule has 1 nitrogen and oxygen atoms in total. The van der Waals surface area contributed by atoms with Gasteiger partial charge in [-0.2, -0.15) is 0 Å². The van der Waals surface area contributed by atoms with Gasteiger partial charge in [0.15, 0.2) is 0 Å². The summed E-state index contributed by atoms with van der Waals surface area (Å²) in [5, 5.41) is 0. The van der Waals surface area contributed by atoms with Gasteiger partial charge in [0.2, 0.25) is 0 Å². The van der Waals surface area contributed by atoms with E-state index in [0.717, 1.165) is 39.8 Å². The summed E-state index contributed by atoms with van der Waals surface area (Å²) < 4.78 is 1.17. The Labute approximate surface area is 71.5 Å². The Morgan fingerprint density at radius 2 is 2.00 bits per heavy atom. The van der Waals surface area contributed by atoms with E-state index in [9.17, 15) is 4.79 Å². The predicted octanol–water partition coefficient (Wildman–Crippen LogP) is 0.293. The Balaban J connectivity index is 3.15. The van der Waals surface area contributed by atoms with Crippen LogP contribution in [0, 0.1) is 0 Å². The van der Waals surface area contributed by atoms with Gasteiger partial charge in [0, 0.05) is 0 Å². The minimum atomic E-state index is 0.837. The molecule has 1 aromatic rings. The molecule has 0 heterocycles. The molecule has 0 aliphatic heterocycles.